The van der Waals surface area contributed by atoms with E-state index in [0.29, 0.717) is 19.3 Å². The van der Waals surface area contributed by atoms with Gasteiger partial charge in [-0.15, -0.1) is 0 Å². The van der Waals surface area contributed by atoms with Gasteiger partial charge in [-0.25, -0.2) is 9.36 Å². The van der Waals surface area contributed by atoms with Crippen LogP contribution in [0.15, 0.2) is 72.9 Å². The number of allylic oxidation sites excluding steroid dienone is 12. The van der Waals surface area contributed by atoms with Crippen LogP contribution in [-0.4, -0.2) is 64.9 Å². The Morgan fingerprint density at radius 2 is 0.933 bits per heavy atom. The molecule has 0 radical (unpaired) electrons. The zero-order valence-electron chi connectivity index (χ0n) is 37.2. The fourth-order valence-corrected chi connectivity index (χ4v) is 6.64. The van der Waals surface area contributed by atoms with Crippen molar-refractivity contribution in [3.05, 3.63) is 72.9 Å². The number of ether oxygens (including phenoxy) is 1. The number of aliphatic hydroxyl groups excluding tert-OH is 1. The largest absolute Gasteiger partial charge is 0.480 e. The Balaban J connectivity index is 3.96. The standard InChI is InChI=1S/C48H82NO10P/c1-3-5-7-9-11-13-15-17-19-21-22-24-26-28-30-32-34-36-38-40-47(52)57-41-44(50)42-58-60(55,56)59-43-45(48(53)54)49-46(51)39-37-35-33-31-29-27-25-23-20-18-16-14-12-10-8-6-4-2/h11-14,17-20,25,27,31,33,44-45,50H,3-10,15-16,21-24,26,28-30,32,34-43H2,1-2H3,(H,49,51)(H,53,54)(H,55,56)/b13-11-,14-12-,19-17-,20-18-,27-25-,33-31-. The minimum atomic E-state index is -4.78. The number of carbonyl (C=O) groups excluding carboxylic acids is 2. The average Bonchev–Trinajstić information content (AvgIpc) is 3.22. The number of esters is 1. The Morgan fingerprint density at radius 3 is 1.40 bits per heavy atom. The Labute approximate surface area is 363 Å². The van der Waals surface area contributed by atoms with Gasteiger partial charge in [-0.2, -0.15) is 0 Å². The third-order valence-electron chi connectivity index (χ3n) is 9.47. The van der Waals surface area contributed by atoms with Crippen molar-refractivity contribution in [2.45, 2.75) is 193 Å². The molecule has 3 unspecified atom stereocenters. The van der Waals surface area contributed by atoms with E-state index in [-0.39, 0.29) is 12.8 Å². The normalized spacial score (nSPS) is 14.3. The van der Waals surface area contributed by atoms with Crippen LogP contribution >= 0.6 is 7.82 Å². The molecular formula is C48H82NO10P. The van der Waals surface area contributed by atoms with E-state index in [2.05, 4.69) is 79.9 Å². The highest BCUT2D eigenvalue weighted by atomic mass is 31.2. The van der Waals surface area contributed by atoms with E-state index in [0.717, 1.165) is 57.8 Å². The van der Waals surface area contributed by atoms with Crippen molar-refractivity contribution >= 4 is 25.7 Å². The molecule has 0 aromatic rings. The quantitative estimate of drug-likeness (QED) is 0.0201. The number of rotatable bonds is 42. The summed E-state index contributed by atoms with van der Waals surface area (Å²) in [5, 5.41) is 21.8. The molecule has 0 bridgehead atoms. The molecule has 0 aromatic heterocycles. The number of amides is 1. The lowest BCUT2D eigenvalue weighted by Gasteiger charge is -2.18. The molecule has 0 spiro atoms. The number of hydrogen-bond donors (Lipinski definition) is 4. The summed E-state index contributed by atoms with van der Waals surface area (Å²) in [5.74, 6) is -2.46. The summed E-state index contributed by atoms with van der Waals surface area (Å²) in [4.78, 5) is 45.9. The molecule has 0 heterocycles. The van der Waals surface area contributed by atoms with Crippen LogP contribution in [0.25, 0.3) is 0 Å². The predicted molar refractivity (Wildman–Crippen MR) is 244 cm³/mol. The van der Waals surface area contributed by atoms with Gasteiger partial charge in [0.2, 0.25) is 5.91 Å². The summed E-state index contributed by atoms with van der Waals surface area (Å²) in [5.41, 5.74) is 0. The highest BCUT2D eigenvalue weighted by Gasteiger charge is 2.28. The summed E-state index contributed by atoms with van der Waals surface area (Å²) in [6.07, 6.45) is 50.7. The molecule has 0 aliphatic carbocycles. The monoisotopic (exact) mass is 864 g/mol. The number of carboxylic acids is 1. The number of phosphoric ester groups is 1. The zero-order chi connectivity index (χ0) is 44.2. The number of aliphatic carboxylic acids is 1. The molecule has 0 aliphatic heterocycles. The van der Waals surface area contributed by atoms with Gasteiger partial charge < -0.3 is 25.2 Å². The van der Waals surface area contributed by atoms with E-state index in [1.165, 1.54) is 77.0 Å². The van der Waals surface area contributed by atoms with Crippen LogP contribution in [0.2, 0.25) is 0 Å². The van der Waals surface area contributed by atoms with Crippen molar-refractivity contribution in [2.24, 2.45) is 0 Å². The lowest BCUT2D eigenvalue weighted by atomic mass is 10.1. The predicted octanol–water partition coefficient (Wildman–Crippen LogP) is 12.1. The van der Waals surface area contributed by atoms with E-state index in [9.17, 15) is 34.1 Å². The van der Waals surface area contributed by atoms with Gasteiger partial charge >= 0.3 is 19.8 Å². The fourth-order valence-electron chi connectivity index (χ4n) is 5.87. The number of carbonyl (C=O) groups is 3. The molecule has 0 aromatic carbocycles. The van der Waals surface area contributed by atoms with E-state index in [4.69, 9.17) is 13.8 Å². The van der Waals surface area contributed by atoms with Crippen molar-refractivity contribution in [1.29, 1.82) is 0 Å². The second kappa shape index (κ2) is 42.6. The maximum atomic E-state index is 12.3. The highest BCUT2D eigenvalue weighted by Crippen LogP contribution is 2.43. The molecule has 0 saturated heterocycles. The van der Waals surface area contributed by atoms with Crippen molar-refractivity contribution in [3.8, 4) is 0 Å². The molecule has 0 fully saturated rings. The topological polar surface area (TPSA) is 169 Å². The van der Waals surface area contributed by atoms with Gasteiger partial charge in [0.05, 0.1) is 13.2 Å². The van der Waals surface area contributed by atoms with Crippen molar-refractivity contribution in [1.82, 2.24) is 5.32 Å². The van der Waals surface area contributed by atoms with Crippen LogP contribution in [0.5, 0.6) is 0 Å². The van der Waals surface area contributed by atoms with Crippen molar-refractivity contribution in [3.63, 3.8) is 0 Å². The third kappa shape index (κ3) is 41.6. The fraction of sp³-hybridized carbons (Fsp3) is 0.688. The summed E-state index contributed by atoms with van der Waals surface area (Å²) in [7, 11) is -4.78. The molecule has 12 heteroatoms. The van der Waals surface area contributed by atoms with Gasteiger partial charge in [0.15, 0.2) is 6.04 Å². The van der Waals surface area contributed by atoms with Crippen LogP contribution in [0, 0.1) is 0 Å². The van der Waals surface area contributed by atoms with Crippen molar-refractivity contribution < 1.29 is 47.8 Å². The molecule has 11 nitrogen and oxygen atoms in total. The molecule has 0 rings (SSSR count). The Morgan fingerprint density at radius 1 is 0.533 bits per heavy atom. The van der Waals surface area contributed by atoms with Gasteiger partial charge in [-0.05, 0) is 83.5 Å². The number of unbranched alkanes of at least 4 members (excludes halogenated alkanes) is 16. The Hall–Kier alpha value is -3.08. The van der Waals surface area contributed by atoms with E-state index < -0.39 is 57.6 Å². The summed E-state index contributed by atoms with van der Waals surface area (Å²) in [6.45, 7) is 2.49. The smallest absolute Gasteiger partial charge is 0.472 e. The molecular weight excluding hydrogens is 781 g/mol. The molecule has 3 atom stereocenters. The van der Waals surface area contributed by atoms with E-state index >= 15 is 0 Å². The first-order valence-corrected chi connectivity index (χ1v) is 24.5. The molecule has 0 aliphatic rings. The molecule has 0 saturated carbocycles. The maximum absolute atomic E-state index is 12.3. The summed E-state index contributed by atoms with van der Waals surface area (Å²) in [6, 6.07) is -1.58. The summed E-state index contributed by atoms with van der Waals surface area (Å²) >= 11 is 0. The first-order valence-electron chi connectivity index (χ1n) is 23.0. The minimum Gasteiger partial charge on any atom is -0.480 e. The second-order valence-electron chi connectivity index (χ2n) is 15.2. The Kier molecular flexibility index (Phi) is 40.4. The van der Waals surface area contributed by atoms with Gasteiger partial charge in [0, 0.05) is 12.8 Å². The SMILES string of the molecule is CCCCC/C=C\C/C=C\C/C=C\C/C=C\CCCC(=O)NC(COP(=O)(O)OCC(O)COC(=O)CCCCCCCCCCC/C=C\C/C=C\CCCCC)C(=O)O. The first-order chi connectivity index (χ1) is 29.1. The highest BCUT2D eigenvalue weighted by molar-refractivity contribution is 7.47. The van der Waals surface area contributed by atoms with Crippen LogP contribution in [0.1, 0.15) is 181 Å². The Bertz CT molecular complexity index is 1290. The van der Waals surface area contributed by atoms with Crippen LogP contribution in [-0.2, 0) is 32.7 Å². The van der Waals surface area contributed by atoms with Gasteiger partial charge in [0.1, 0.15) is 12.7 Å². The van der Waals surface area contributed by atoms with Crippen LogP contribution in [0.3, 0.4) is 0 Å². The molecule has 1 amide bonds. The average molecular weight is 864 g/mol. The molecule has 4 N–H and O–H groups in total. The van der Waals surface area contributed by atoms with Crippen LogP contribution in [0.4, 0.5) is 0 Å². The van der Waals surface area contributed by atoms with Gasteiger partial charge in [-0.3, -0.25) is 18.6 Å². The van der Waals surface area contributed by atoms with E-state index in [1.807, 2.05) is 12.2 Å². The third-order valence-corrected chi connectivity index (χ3v) is 10.4. The second-order valence-corrected chi connectivity index (χ2v) is 16.7. The number of hydrogen-bond acceptors (Lipinski definition) is 8. The minimum absolute atomic E-state index is 0.0662. The lowest BCUT2D eigenvalue weighted by Crippen LogP contribution is -2.43. The van der Waals surface area contributed by atoms with E-state index in [1.54, 1.807) is 0 Å². The van der Waals surface area contributed by atoms with Gasteiger partial charge in [0.25, 0.3) is 0 Å². The first kappa shape index (κ1) is 56.9. The van der Waals surface area contributed by atoms with Gasteiger partial charge in [-0.1, -0.05) is 157 Å². The lowest BCUT2D eigenvalue weighted by molar-refractivity contribution is -0.147. The molecule has 60 heavy (non-hydrogen) atoms. The van der Waals surface area contributed by atoms with Crippen molar-refractivity contribution in [2.75, 3.05) is 19.8 Å². The molecule has 344 valence electrons. The number of phosphoric acid groups is 1. The van der Waals surface area contributed by atoms with Crippen LogP contribution < -0.4 is 5.32 Å². The number of nitrogens with one attached hydrogen (secondary N) is 1. The number of aliphatic hydroxyl groups is 1. The zero-order valence-corrected chi connectivity index (χ0v) is 38.1. The maximum Gasteiger partial charge on any atom is 0.472 e. The summed E-state index contributed by atoms with van der Waals surface area (Å²) < 4.78 is 26.8. The number of carboxylic acid groups (broad SMARTS) is 1.